The molecule has 1 unspecified atom stereocenters. The number of hydrogen-bond acceptors (Lipinski definition) is 2. The fourth-order valence-electron chi connectivity index (χ4n) is 1.56. The van der Waals surface area contributed by atoms with Crippen molar-refractivity contribution in [2.75, 3.05) is 0 Å². The molecule has 84 valence electrons. The lowest BCUT2D eigenvalue weighted by atomic mass is 10.1. The van der Waals surface area contributed by atoms with E-state index in [1.54, 1.807) is 12.5 Å². The van der Waals surface area contributed by atoms with E-state index in [0.29, 0.717) is 6.04 Å². The van der Waals surface area contributed by atoms with Crippen molar-refractivity contribution in [3.05, 3.63) is 58.5 Å². The fourth-order valence-corrected chi connectivity index (χ4v) is 1.97. The molecule has 0 bridgehead atoms. The van der Waals surface area contributed by atoms with Gasteiger partial charge in [-0.25, -0.2) is 0 Å². The van der Waals surface area contributed by atoms with Crippen molar-refractivity contribution < 1.29 is 4.42 Å². The number of halogens is 1. The minimum atomic E-state index is 0.326. The molecule has 2 nitrogen and oxygen atoms in total. The fraction of sp³-hybridized carbons (Fsp3) is 0.231. The van der Waals surface area contributed by atoms with Gasteiger partial charge in [0.25, 0.3) is 0 Å². The van der Waals surface area contributed by atoms with Gasteiger partial charge in [-0.2, -0.15) is 0 Å². The summed E-state index contributed by atoms with van der Waals surface area (Å²) in [5, 5.41) is 3.45. The standard InChI is InChI=1S/C13H14BrNO/c1-10(12-3-2-4-13(14)7-12)15-8-11-5-6-16-9-11/h2-7,9-10,15H,8H2,1H3. The van der Waals surface area contributed by atoms with Gasteiger partial charge in [-0.3, -0.25) is 0 Å². The van der Waals surface area contributed by atoms with Crippen LogP contribution in [0.15, 0.2) is 51.7 Å². The Hall–Kier alpha value is -1.06. The Bertz CT molecular complexity index is 439. The molecule has 1 atom stereocenters. The van der Waals surface area contributed by atoms with Gasteiger partial charge in [-0.05, 0) is 30.7 Å². The number of benzene rings is 1. The van der Waals surface area contributed by atoms with E-state index in [0.717, 1.165) is 11.0 Å². The lowest BCUT2D eigenvalue weighted by Crippen LogP contribution is -2.17. The lowest BCUT2D eigenvalue weighted by Gasteiger charge is -2.13. The molecule has 1 aromatic carbocycles. The maximum atomic E-state index is 5.02. The smallest absolute Gasteiger partial charge is 0.0947 e. The van der Waals surface area contributed by atoms with E-state index in [-0.39, 0.29) is 0 Å². The van der Waals surface area contributed by atoms with Crippen LogP contribution in [0.25, 0.3) is 0 Å². The van der Waals surface area contributed by atoms with Gasteiger partial charge in [0, 0.05) is 22.6 Å². The molecule has 0 aliphatic carbocycles. The number of rotatable bonds is 4. The molecule has 0 fully saturated rings. The molecule has 0 radical (unpaired) electrons. The minimum Gasteiger partial charge on any atom is -0.472 e. The Morgan fingerprint density at radius 3 is 2.94 bits per heavy atom. The highest BCUT2D eigenvalue weighted by Gasteiger charge is 2.05. The second kappa shape index (κ2) is 5.32. The van der Waals surface area contributed by atoms with E-state index < -0.39 is 0 Å². The van der Waals surface area contributed by atoms with Gasteiger partial charge in [0.05, 0.1) is 12.5 Å². The summed E-state index contributed by atoms with van der Waals surface area (Å²) in [6.07, 6.45) is 3.46. The molecule has 1 heterocycles. The first kappa shape index (κ1) is 11.4. The van der Waals surface area contributed by atoms with Crippen LogP contribution in [0.3, 0.4) is 0 Å². The Balaban J connectivity index is 1.95. The quantitative estimate of drug-likeness (QED) is 0.919. The summed E-state index contributed by atoms with van der Waals surface area (Å²) in [7, 11) is 0. The minimum absolute atomic E-state index is 0.326. The summed E-state index contributed by atoms with van der Waals surface area (Å²) >= 11 is 3.48. The predicted molar refractivity (Wildman–Crippen MR) is 68.1 cm³/mol. The third-order valence-corrected chi connectivity index (χ3v) is 3.03. The summed E-state index contributed by atoms with van der Waals surface area (Å²) in [6, 6.07) is 10.6. The summed E-state index contributed by atoms with van der Waals surface area (Å²) in [4.78, 5) is 0. The third kappa shape index (κ3) is 2.97. The zero-order valence-electron chi connectivity index (χ0n) is 9.11. The maximum Gasteiger partial charge on any atom is 0.0947 e. The van der Waals surface area contributed by atoms with Gasteiger partial charge >= 0.3 is 0 Å². The second-order valence-corrected chi connectivity index (χ2v) is 4.70. The van der Waals surface area contributed by atoms with E-state index in [9.17, 15) is 0 Å². The van der Waals surface area contributed by atoms with Crippen LogP contribution in [0.2, 0.25) is 0 Å². The largest absolute Gasteiger partial charge is 0.472 e. The molecule has 2 rings (SSSR count). The van der Waals surface area contributed by atoms with Crippen LogP contribution in [0.1, 0.15) is 24.1 Å². The van der Waals surface area contributed by atoms with E-state index >= 15 is 0 Å². The van der Waals surface area contributed by atoms with Crippen LogP contribution in [-0.2, 0) is 6.54 Å². The second-order valence-electron chi connectivity index (χ2n) is 3.79. The molecule has 0 aliphatic heterocycles. The van der Waals surface area contributed by atoms with Gasteiger partial charge in [-0.15, -0.1) is 0 Å². The molecule has 16 heavy (non-hydrogen) atoms. The average molecular weight is 280 g/mol. The zero-order valence-corrected chi connectivity index (χ0v) is 10.7. The molecule has 0 aliphatic rings. The Labute approximate surface area is 104 Å². The Morgan fingerprint density at radius 2 is 2.25 bits per heavy atom. The first-order chi connectivity index (χ1) is 7.75. The van der Waals surface area contributed by atoms with Gasteiger partial charge in [0.2, 0.25) is 0 Å². The van der Waals surface area contributed by atoms with Gasteiger partial charge in [0.1, 0.15) is 0 Å². The molecule has 0 amide bonds. The van der Waals surface area contributed by atoms with Crippen molar-refractivity contribution in [1.29, 1.82) is 0 Å². The Morgan fingerprint density at radius 1 is 1.38 bits per heavy atom. The van der Waals surface area contributed by atoms with Crippen molar-refractivity contribution >= 4 is 15.9 Å². The molecule has 2 aromatic rings. The number of hydrogen-bond donors (Lipinski definition) is 1. The Kier molecular flexibility index (Phi) is 3.80. The van der Waals surface area contributed by atoms with Crippen LogP contribution in [0, 0.1) is 0 Å². The van der Waals surface area contributed by atoms with Crippen LogP contribution < -0.4 is 5.32 Å². The first-order valence-electron chi connectivity index (χ1n) is 5.25. The van der Waals surface area contributed by atoms with Gasteiger partial charge in [0.15, 0.2) is 0 Å². The monoisotopic (exact) mass is 279 g/mol. The van der Waals surface area contributed by atoms with E-state index in [1.165, 1.54) is 11.1 Å². The molecule has 0 spiro atoms. The highest BCUT2D eigenvalue weighted by atomic mass is 79.9. The summed E-state index contributed by atoms with van der Waals surface area (Å²) in [5.74, 6) is 0. The molecule has 0 saturated heterocycles. The molecule has 3 heteroatoms. The predicted octanol–water partition coefficient (Wildman–Crippen LogP) is 3.89. The van der Waals surface area contributed by atoms with E-state index in [4.69, 9.17) is 4.42 Å². The van der Waals surface area contributed by atoms with Crippen molar-refractivity contribution in [3.8, 4) is 0 Å². The summed E-state index contributed by atoms with van der Waals surface area (Å²) in [5.41, 5.74) is 2.44. The van der Waals surface area contributed by atoms with Crippen molar-refractivity contribution in [1.82, 2.24) is 5.32 Å². The van der Waals surface area contributed by atoms with Crippen LogP contribution in [-0.4, -0.2) is 0 Å². The normalized spacial score (nSPS) is 12.6. The lowest BCUT2D eigenvalue weighted by molar-refractivity contribution is 0.546. The number of nitrogens with one attached hydrogen (secondary N) is 1. The highest BCUT2D eigenvalue weighted by Crippen LogP contribution is 2.18. The zero-order chi connectivity index (χ0) is 11.4. The molecule has 1 aromatic heterocycles. The van der Waals surface area contributed by atoms with Crippen molar-refractivity contribution in [3.63, 3.8) is 0 Å². The van der Waals surface area contributed by atoms with Crippen LogP contribution in [0.5, 0.6) is 0 Å². The molecule has 0 saturated carbocycles. The molecular formula is C13H14BrNO. The number of furan rings is 1. The summed E-state index contributed by atoms with van der Waals surface area (Å²) in [6.45, 7) is 2.98. The van der Waals surface area contributed by atoms with Gasteiger partial charge < -0.3 is 9.73 Å². The van der Waals surface area contributed by atoms with E-state index in [2.05, 4.69) is 46.4 Å². The van der Waals surface area contributed by atoms with E-state index in [1.807, 2.05) is 12.1 Å². The van der Waals surface area contributed by atoms with Crippen LogP contribution >= 0.6 is 15.9 Å². The topological polar surface area (TPSA) is 25.2 Å². The third-order valence-electron chi connectivity index (χ3n) is 2.54. The highest BCUT2D eigenvalue weighted by molar-refractivity contribution is 9.10. The summed E-state index contributed by atoms with van der Waals surface area (Å²) < 4.78 is 6.14. The molecule has 1 N–H and O–H groups in total. The molecular weight excluding hydrogens is 266 g/mol. The maximum absolute atomic E-state index is 5.02. The average Bonchev–Trinajstić information content (AvgIpc) is 2.78. The SMILES string of the molecule is CC(NCc1ccoc1)c1cccc(Br)c1. The van der Waals surface area contributed by atoms with Crippen molar-refractivity contribution in [2.45, 2.75) is 19.5 Å². The van der Waals surface area contributed by atoms with Crippen LogP contribution in [0.4, 0.5) is 0 Å². The first-order valence-corrected chi connectivity index (χ1v) is 6.05. The van der Waals surface area contributed by atoms with Gasteiger partial charge in [-0.1, -0.05) is 28.1 Å². The van der Waals surface area contributed by atoms with Crippen molar-refractivity contribution in [2.24, 2.45) is 0 Å².